The molecule has 0 saturated carbocycles. The number of ether oxygens (including phenoxy) is 1. The van der Waals surface area contributed by atoms with Gasteiger partial charge in [-0.05, 0) is 32.4 Å². The lowest BCUT2D eigenvalue weighted by atomic mass is 10.2. The number of rotatable bonds is 4. The van der Waals surface area contributed by atoms with E-state index >= 15 is 0 Å². The SMILES string of the molecule is C=C/C=C(N)\C(C)=C/CN1C[C@@H](C)O[C@@H](C)C1. The van der Waals surface area contributed by atoms with Crippen LogP contribution in [0.3, 0.4) is 0 Å². The topological polar surface area (TPSA) is 38.5 Å². The standard InChI is InChI=1S/C14H24N2O/c1-5-6-14(15)11(2)7-8-16-9-12(3)17-13(4)10-16/h5-7,12-13H,1,8-10,15H2,2-4H3/b11-7-,14-6+/t12-,13+. The minimum Gasteiger partial charge on any atom is -0.399 e. The summed E-state index contributed by atoms with van der Waals surface area (Å²) in [5, 5.41) is 0. The minimum absolute atomic E-state index is 0.313. The Bertz CT molecular complexity index is 310. The molecule has 1 aliphatic heterocycles. The van der Waals surface area contributed by atoms with Crippen LogP contribution in [0.5, 0.6) is 0 Å². The van der Waals surface area contributed by atoms with Gasteiger partial charge in [0.1, 0.15) is 0 Å². The van der Waals surface area contributed by atoms with Gasteiger partial charge in [-0.2, -0.15) is 0 Å². The number of hydrogen-bond acceptors (Lipinski definition) is 3. The second-order valence-corrected chi connectivity index (χ2v) is 4.72. The average Bonchev–Trinajstić information content (AvgIpc) is 2.25. The molecule has 0 bridgehead atoms. The first-order valence-corrected chi connectivity index (χ1v) is 6.16. The monoisotopic (exact) mass is 236 g/mol. The molecule has 1 rings (SSSR count). The first-order chi connectivity index (χ1) is 8.02. The van der Waals surface area contributed by atoms with Crippen LogP contribution in [0.25, 0.3) is 0 Å². The molecule has 2 N–H and O–H groups in total. The van der Waals surface area contributed by atoms with Crippen molar-refractivity contribution in [3.05, 3.63) is 36.1 Å². The Morgan fingerprint density at radius 3 is 2.53 bits per heavy atom. The van der Waals surface area contributed by atoms with Crippen LogP contribution in [0, 0.1) is 0 Å². The Kier molecular flexibility index (Phi) is 5.45. The summed E-state index contributed by atoms with van der Waals surface area (Å²) in [6.45, 7) is 12.8. The van der Waals surface area contributed by atoms with Gasteiger partial charge in [0.15, 0.2) is 0 Å². The minimum atomic E-state index is 0.313. The lowest BCUT2D eigenvalue weighted by molar-refractivity contribution is -0.0646. The summed E-state index contributed by atoms with van der Waals surface area (Å²) in [6.07, 6.45) is 6.34. The molecule has 0 aromatic heterocycles. The first-order valence-electron chi connectivity index (χ1n) is 6.16. The molecule has 0 aromatic rings. The van der Waals surface area contributed by atoms with Crippen LogP contribution >= 0.6 is 0 Å². The second-order valence-electron chi connectivity index (χ2n) is 4.72. The molecule has 0 unspecified atom stereocenters. The predicted molar refractivity (Wildman–Crippen MR) is 72.7 cm³/mol. The van der Waals surface area contributed by atoms with Crippen LogP contribution in [-0.4, -0.2) is 36.7 Å². The maximum atomic E-state index is 5.88. The quantitative estimate of drug-likeness (QED) is 0.759. The summed E-state index contributed by atoms with van der Waals surface area (Å²) < 4.78 is 5.70. The number of allylic oxidation sites excluding steroid dienone is 3. The maximum Gasteiger partial charge on any atom is 0.0678 e. The number of hydrogen-bond donors (Lipinski definition) is 1. The maximum absolute atomic E-state index is 5.88. The van der Waals surface area contributed by atoms with Gasteiger partial charge in [0.05, 0.1) is 12.2 Å². The summed E-state index contributed by atoms with van der Waals surface area (Å²) in [6, 6.07) is 0. The van der Waals surface area contributed by atoms with E-state index in [1.807, 2.05) is 13.0 Å². The van der Waals surface area contributed by atoms with Crippen molar-refractivity contribution >= 4 is 0 Å². The van der Waals surface area contributed by atoms with E-state index in [0.717, 1.165) is 30.9 Å². The number of nitrogens with two attached hydrogens (primary N) is 1. The molecule has 96 valence electrons. The molecular formula is C14H24N2O. The van der Waals surface area contributed by atoms with Crippen molar-refractivity contribution < 1.29 is 4.74 Å². The Labute approximate surface area is 105 Å². The van der Waals surface area contributed by atoms with E-state index in [2.05, 4.69) is 31.4 Å². The van der Waals surface area contributed by atoms with Gasteiger partial charge in [0.25, 0.3) is 0 Å². The Balaban J connectivity index is 2.51. The molecule has 3 nitrogen and oxygen atoms in total. The molecule has 1 fully saturated rings. The molecule has 1 heterocycles. The summed E-state index contributed by atoms with van der Waals surface area (Å²) in [7, 11) is 0. The van der Waals surface area contributed by atoms with E-state index in [4.69, 9.17) is 10.5 Å². The van der Waals surface area contributed by atoms with Crippen molar-refractivity contribution in [2.75, 3.05) is 19.6 Å². The van der Waals surface area contributed by atoms with E-state index in [9.17, 15) is 0 Å². The zero-order valence-electron chi connectivity index (χ0n) is 11.1. The van der Waals surface area contributed by atoms with Crippen LogP contribution in [0.1, 0.15) is 20.8 Å². The highest BCUT2D eigenvalue weighted by Crippen LogP contribution is 2.11. The van der Waals surface area contributed by atoms with Gasteiger partial charge in [-0.15, -0.1) is 0 Å². The molecule has 0 aliphatic carbocycles. The molecule has 2 atom stereocenters. The van der Waals surface area contributed by atoms with E-state index in [1.54, 1.807) is 6.08 Å². The van der Waals surface area contributed by atoms with E-state index in [1.165, 1.54) is 0 Å². The van der Waals surface area contributed by atoms with Gasteiger partial charge < -0.3 is 10.5 Å². The fourth-order valence-corrected chi connectivity index (χ4v) is 2.08. The van der Waals surface area contributed by atoms with Crippen molar-refractivity contribution in [1.82, 2.24) is 4.90 Å². The fraction of sp³-hybridized carbons (Fsp3) is 0.571. The molecule has 0 radical (unpaired) electrons. The summed E-state index contributed by atoms with van der Waals surface area (Å²) in [5.41, 5.74) is 7.77. The van der Waals surface area contributed by atoms with Gasteiger partial charge in [-0.3, -0.25) is 4.90 Å². The fourth-order valence-electron chi connectivity index (χ4n) is 2.08. The molecule has 0 aromatic carbocycles. The molecule has 1 aliphatic rings. The third kappa shape index (κ3) is 4.75. The second kappa shape index (κ2) is 6.62. The molecule has 3 heteroatoms. The average molecular weight is 236 g/mol. The van der Waals surface area contributed by atoms with Gasteiger partial charge in [0.2, 0.25) is 0 Å². The number of nitrogens with zero attached hydrogens (tertiary/aromatic N) is 1. The van der Waals surface area contributed by atoms with E-state index in [0.29, 0.717) is 12.2 Å². The Hall–Kier alpha value is -1.06. The summed E-state index contributed by atoms with van der Waals surface area (Å²) in [5.74, 6) is 0. The van der Waals surface area contributed by atoms with Crippen molar-refractivity contribution in [2.45, 2.75) is 33.0 Å². The Morgan fingerprint density at radius 1 is 1.41 bits per heavy atom. The number of morpholine rings is 1. The highest BCUT2D eigenvalue weighted by Gasteiger charge is 2.20. The van der Waals surface area contributed by atoms with Crippen molar-refractivity contribution in [2.24, 2.45) is 5.73 Å². The van der Waals surface area contributed by atoms with E-state index in [-0.39, 0.29) is 0 Å². The van der Waals surface area contributed by atoms with Gasteiger partial charge in [0, 0.05) is 25.3 Å². The van der Waals surface area contributed by atoms with Gasteiger partial charge in [-0.25, -0.2) is 0 Å². The predicted octanol–water partition coefficient (Wildman–Crippen LogP) is 2.07. The summed E-state index contributed by atoms with van der Waals surface area (Å²) in [4.78, 5) is 2.39. The smallest absolute Gasteiger partial charge is 0.0678 e. The van der Waals surface area contributed by atoms with Crippen LogP contribution < -0.4 is 5.73 Å². The lowest BCUT2D eigenvalue weighted by Gasteiger charge is -2.34. The molecule has 0 amide bonds. The zero-order valence-corrected chi connectivity index (χ0v) is 11.1. The van der Waals surface area contributed by atoms with Crippen LogP contribution in [-0.2, 0) is 4.74 Å². The van der Waals surface area contributed by atoms with Crippen LogP contribution in [0.2, 0.25) is 0 Å². The molecular weight excluding hydrogens is 212 g/mol. The summed E-state index contributed by atoms with van der Waals surface area (Å²) >= 11 is 0. The highest BCUT2D eigenvalue weighted by atomic mass is 16.5. The molecule has 0 spiro atoms. The largest absolute Gasteiger partial charge is 0.399 e. The molecule has 1 saturated heterocycles. The van der Waals surface area contributed by atoms with Crippen LogP contribution in [0.4, 0.5) is 0 Å². The Morgan fingerprint density at radius 2 is 2.00 bits per heavy atom. The van der Waals surface area contributed by atoms with Crippen molar-refractivity contribution in [3.63, 3.8) is 0 Å². The normalized spacial score (nSPS) is 28.2. The van der Waals surface area contributed by atoms with Gasteiger partial charge >= 0.3 is 0 Å². The van der Waals surface area contributed by atoms with Crippen LogP contribution in [0.15, 0.2) is 36.1 Å². The lowest BCUT2D eigenvalue weighted by Crippen LogP contribution is -2.45. The van der Waals surface area contributed by atoms with Crippen molar-refractivity contribution in [1.29, 1.82) is 0 Å². The zero-order chi connectivity index (χ0) is 12.8. The van der Waals surface area contributed by atoms with E-state index < -0.39 is 0 Å². The first kappa shape index (κ1) is 14.0. The molecule has 17 heavy (non-hydrogen) atoms. The highest BCUT2D eigenvalue weighted by molar-refractivity contribution is 5.29. The van der Waals surface area contributed by atoms with Gasteiger partial charge in [-0.1, -0.05) is 18.7 Å². The third-order valence-electron chi connectivity index (χ3n) is 2.90. The van der Waals surface area contributed by atoms with Crippen molar-refractivity contribution in [3.8, 4) is 0 Å². The third-order valence-corrected chi connectivity index (χ3v) is 2.90.